The Morgan fingerprint density at radius 2 is 1.76 bits per heavy atom. The Morgan fingerprint density at radius 1 is 1.10 bits per heavy atom. The largest absolute Gasteiger partial charge is 0.380 e. The van der Waals surface area contributed by atoms with Gasteiger partial charge in [0.15, 0.2) is 0 Å². The van der Waals surface area contributed by atoms with Gasteiger partial charge < -0.3 is 9.47 Å². The molecule has 118 valence electrons. The van der Waals surface area contributed by atoms with Crippen molar-refractivity contribution in [3.05, 3.63) is 35.9 Å². The number of aryl methyl sites for hydroxylation is 2. The molecule has 0 spiro atoms. The van der Waals surface area contributed by atoms with Gasteiger partial charge in [-0.05, 0) is 20.8 Å². The smallest absolute Gasteiger partial charge is 0.0751 e. The molecule has 0 aromatic carbocycles. The molecule has 0 aliphatic carbocycles. The summed E-state index contributed by atoms with van der Waals surface area (Å²) in [4.78, 5) is 0. The molecule has 0 amide bonds. The molecule has 0 radical (unpaired) electrons. The summed E-state index contributed by atoms with van der Waals surface area (Å²) in [5, 5.41) is 8.12. The van der Waals surface area contributed by atoms with Crippen LogP contribution in [0.25, 0.3) is 0 Å². The van der Waals surface area contributed by atoms with Gasteiger partial charge >= 0.3 is 0 Å². The van der Waals surface area contributed by atoms with Gasteiger partial charge in [0.05, 0.1) is 31.7 Å². The number of hydrogen-bond donors (Lipinski definition) is 0. The lowest BCUT2D eigenvalue weighted by Gasteiger charge is -2.04. The molecule has 2 aromatic rings. The van der Waals surface area contributed by atoms with Crippen molar-refractivity contribution in [2.24, 2.45) is 7.05 Å². The fourth-order valence-electron chi connectivity index (χ4n) is 1.63. The highest BCUT2D eigenvalue weighted by Gasteiger charge is 1.98. The van der Waals surface area contributed by atoms with E-state index < -0.39 is 0 Å². The molecule has 0 unspecified atom stereocenters. The number of aromatic nitrogens is 4. The van der Waals surface area contributed by atoms with Gasteiger partial charge in [-0.3, -0.25) is 9.36 Å². The van der Waals surface area contributed by atoms with Crippen molar-refractivity contribution in [1.29, 1.82) is 0 Å². The van der Waals surface area contributed by atoms with Gasteiger partial charge in [0, 0.05) is 44.2 Å². The lowest BCUT2D eigenvalue weighted by atomic mass is 10.4. The van der Waals surface area contributed by atoms with Crippen LogP contribution in [0.4, 0.5) is 0 Å². The molecule has 0 aliphatic rings. The SMILES string of the molecule is CCn1cc(COC(C)C)cn1.COCc1cnn(C)c1. The first-order valence-corrected chi connectivity index (χ1v) is 7.14. The average Bonchev–Trinajstić information content (AvgIpc) is 3.06. The van der Waals surface area contributed by atoms with E-state index in [0.29, 0.717) is 13.2 Å². The summed E-state index contributed by atoms with van der Waals surface area (Å²) in [6.45, 7) is 8.36. The predicted octanol–water partition coefficient (Wildman–Crippen LogP) is 2.39. The Morgan fingerprint density at radius 3 is 2.24 bits per heavy atom. The fraction of sp³-hybridized carbons (Fsp3) is 0.600. The van der Waals surface area contributed by atoms with Crippen molar-refractivity contribution in [2.45, 2.75) is 46.6 Å². The van der Waals surface area contributed by atoms with Gasteiger partial charge in [0.2, 0.25) is 0 Å². The van der Waals surface area contributed by atoms with E-state index in [2.05, 4.69) is 17.1 Å². The van der Waals surface area contributed by atoms with Crippen LogP contribution in [0, 0.1) is 0 Å². The fourth-order valence-corrected chi connectivity index (χ4v) is 1.63. The van der Waals surface area contributed by atoms with Gasteiger partial charge in [-0.15, -0.1) is 0 Å². The Labute approximate surface area is 126 Å². The quantitative estimate of drug-likeness (QED) is 0.821. The molecule has 2 heterocycles. The van der Waals surface area contributed by atoms with E-state index in [1.807, 2.05) is 44.2 Å². The van der Waals surface area contributed by atoms with Gasteiger partial charge in [-0.2, -0.15) is 10.2 Å². The lowest BCUT2D eigenvalue weighted by molar-refractivity contribution is 0.0656. The van der Waals surface area contributed by atoms with Crippen LogP contribution in [0.3, 0.4) is 0 Å². The van der Waals surface area contributed by atoms with Crippen molar-refractivity contribution in [2.75, 3.05) is 7.11 Å². The monoisotopic (exact) mass is 294 g/mol. The second-order valence-electron chi connectivity index (χ2n) is 5.02. The van der Waals surface area contributed by atoms with Gasteiger partial charge in [-0.1, -0.05) is 0 Å². The first-order valence-electron chi connectivity index (χ1n) is 7.14. The van der Waals surface area contributed by atoms with E-state index in [4.69, 9.17) is 9.47 Å². The topological polar surface area (TPSA) is 54.1 Å². The van der Waals surface area contributed by atoms with Crippen LogP contribution >= 0.6 is 0 Å². The van der Waals surface area contributed by atoms with Crippen molar-refractivity contribution < 1.29 is 9.47 Å². The normalized spacial score (nSPS) is 10.6. The minimum atomic E-state index is 0.287. The summed E-state index contributed by atoms with van der Waals surface area (Å²) in [6.07, 6.45) is 7.89. The molecule has 6 nitrogen and oxygen atoms in total. The Bertz CT molecular complexity index is 505. The number of methoxy groups -OCH3 is 1. The van der Waals surface area contributed by atoms with Crippen LogP contribution in [0.5, 0.6) is 0 Å². The van der Waals surface area contributed by atoms with Crippen LogP contribution in [-0.4, -0.2) is 32.8 Å². The highest BCUT2D eigenvalue weighted by atomic mass is 16.5. The molecule has 0 fully saturated rings. The number of rotatable bonds is 6. The van der Waals surface area contributed by atoms with E-state index in [0.717, 1.165) is 17.7 Å². The van der Waals surface area contributed by atoms with E-state index in [9.17, 15) is 0 Å². The van der Waals surface area contributed by atoms with Crippen LogP contribution in [0.1, 0.15) is 31.9 Å². The maximum Gasteiger partial charge on any atom is 0.0751 e. The number of hydrogen-bond acceptors (Lipinski definition) is 4. The zero-order chi connectivity index (χ0) is 15.7. The summed E-state index contributed by atoms with van der Waals surface area (Å²) < 4.78 is 14.0. The molecule has 0 N–H and O–H groups in total. The molecule has 0 aliphatic heterocycles. The molecule has 2 rings (SSSR count). The highest BCUT2D eigenvalue weighted by molar-refractivity contribution is 5.02. The molecular formula is C15H26N4O2. The van der Waals surface area contributed by atoms with Gasteiger partial charge in [0.1, 0.15) is 0 Å². The van der Waals surface area contributed by atoms with Gasteiger partial charge in [-0.25, -0.2) is 0 Å². The summed E-state index contributed by atoms with van der Waals surface area (Å²) in [7, 11) is 3.56. The summed E-state index contributed by atoms with van der Waals surface area (Å²) in [5.74, 6) is 0. The third kappa shape index (κ3) is 7.06. The predicted molar refractivity (Wildman–Crippen MR) is 81.7 cm³/mol. The minimum Gasteiger partial charge on any atom is -0.380 e. The zero-order valence-corrected chi connectivity index (χ0v) is 13.6. The second-order valence-corrected chi connectivity index (χ2v) is 5.02. The number of nitrogens with zero attached hydrogens (tertiary/aromatic N) is 4. The maximum absolute atomic E-state index is 5.43. The number of ether oxygens (including phenoxy) is 2. The van der Waals surface area contributed by atoms with Crippen LogP contribution < -0.4 is 0 Å². The average molecular weight is 294 g/mol. The third-order valence-corrected chi connectivity index (χ3v) is 2.66. The molecule has 0 saturated carbocycles. The van der Waals surface area contributed by atoms with E-state index in [-0.39, 0.29) is 6.10 Å². The molecule has 0 bridgehead atoms. The van der Waals surface area contributed by atoms with E-state index in [1.165, 1.54) is 0 Å². The molecule has 0 saturated heterocycles. The van der Waals surface area contributed by atoms with Crippen molar-refractivity contribution in [1.82, 2.24) is 19.6 Å². The van der Waals surface area contributed by atoms with Crippen LogP contribution in [-0.2, 0) is 36.3 Å². The molecule has 21 heavy (non-hydrogen) atoms. The maximum atomic E-state index is 5.43. The third-order valence-electron chi connectivity index (χ3n) is 2.66. The van der Waals surface area contributed by atoms with E-state index in [1.54, 1.807) is 18.0 Å². The Balaban J connectivity index is 0.000000219. The summed E-state index contributed by atoms with van der Waals surface area (Å²) in [5.41, 5.74) is 2.26. The first-order chi connectivity index (χ1) is 10.0. The molecule has 6 heteroatoms. The molecular weight excluding hydrogens is 268 g/mol. The Kier molecular flexibility index (Phi) is 7.71. The van der Waals surface area contributed by atoms with Crippen molar-refractivity contribution in [3.8, 4) is 0 Å². The zero-order valence-electron chi connectivity index (χ0n) is 13.6. The van der Waals surface area contributed by atoms with Crippen LogP contribution in [0.2, 0.25) is 0 Å². The first kappa shape index (κ1) is 17.4. The van der Waals surface area contributed by atoms with E-state index >= 15 is 0 Å². The summed E-state index contributed by atoms with van der Waals surface area (Å²) in [6, 6.07) is 0. The lowest BCUT2D eigenvalue weighted by Crippen LogP contribution is -2.01. The highest BCUT2D eigenvalue weighted by Crippen LogP contribution is 2.02. The molecule has 2 aromatic heterocycles. The standard InChI is InChI=1S/C9H16N2O.C6H10N2O/c1-4-11-6-9(5-10-11)7-12-8(2)3;1-8-4-6(3-7-8)5-9-2/h5-6,8H,4,7H2,1-3H3;3-4H,5H2,1-2H3. The summed E-state index contributed by atoms with van der Waals surface area (Å²) >= 11 is 0. The van der Waals surface area contributed by atoms with Gasteiger partial charge in [0.25, 0.3) is 0 Å². The minimum absolute atomic E-state index is 0.287. The second kappa shape index (κ2) is 9.31. The molecule has 0 atom stereocenters. The Hall–Kier alpha value is -1.66. The van der Waals surface area contributed by atoms with Crippen molar-refractivity contribution >= 4 is 0 Å². The van der Waals surface area contributed by atoms with Crippen molar-refractivity contribution in [3.63, 3.8) is 0 Å². The van der Waals surface area contributed by atoms with Crippen LogP contribution in [0.15, 0.2) is 24.8 Å².